The molecule has 1 aromatic rings. The van der Waals surface area contributed by atoms with Gasteiger partial charge in [0.25, 0.3) is 5.91 Å². The van der Waals surface area contributed by atoms with Gasteiger partial charge in [0.2, 0.25) is 5.91 Å². The maximum Gasteiger partial charge on any atom is 0.253 e. The molecule has 1 aromatic carbocycles. The van der Waals surface area contributed by atoms with Gasteiger partial charge in [-0.2, -0.15) is 0 Å². The second-order valence-corrected chi connectivity index (χ2v) is 7.76. The first kappa shape index (κ1) is 19.9. The number of rotatable bonds is 6. The molecule has 2 saturated heterocycles. The molecule has 3 rings (SSSR count). The van der Waals surface area contributed by atoms with Crippen molar-refractivity contribution >= 4 is 11.8 Å². The van der Waals surface area contributed by atoms with Crippen LogP contribution in [0.25, 0.3) is 0 Å². The van der Waals surface area contributed by atoms with Gasteiger partial charge in [-0.05, 0) is 58.1 Å². The van der Waals surface area contributed by atoms with Crippen LogP contribution in [0.5, 0.6) is 0 Å². The Morgan fingerprint density at radius 1 is 1.19 bits per heavy atom. The quantitative estimate of drug-likeness (QED) is 0.768. The zero-order valence-corrected chi connectivity index (χ0v) is 16.7. The lowest BCUT2D eigenvalue weighted by molar-refractivity contribution is -0.132. The van der Waals surface area contributed by atoms with Crippen molar-refractivity contribution in [3.8, 4) is 0 Å². The third-order valence-corrected chi connectivity index (χ3v) is 5.98. The second kappa shape index (κ2) is 8.87. The second-order valence-electron chi connectivity index (χ2n) is 7.76. The Balaban J connectivity index is 1.55. The van der Waals surface area contributed by atoms with Gasteiger partial charge in [0.15, 0.2) is 0 Å². The van der Waals surface area contributed by atoms with Gasteiger partial charge in [-0.25, -0.2) is 0 Å². The Kier molecular flexibility index (Phi) is 6.53. The van der Waals surface area contributed by atoms with Crippen molar-refractivity contribution in [3.05, 3.63) is 35.9 Å². The van der Waals surface area contributed by atoms with Crippen molar-refractivity contribution in [3.63, 3.8) is 0 Å². The molecule has 148 valence electrons. The normalized spacial score (nSPS) is 25.0. The van der Waals surface area contributed by atoms with Crippen molar-refractivity contribution in [1.29, 1.82) is 0 Å². The zero-order chi connectivity index (χ0) is 19.3. The number of hydrogen-bond acceptors (Lipinski definition) is 3. The van der Waals surface area contributed by atoms with Crippen LogP contribution in [0.2, 0.25) is 0 Å². The van der Waals surface area contributed by atoms with Crippen LogP contribution < -0.4 is 0 Å². The first-order valence-electron chi connectivity index (χ1n) is 10.4. The Hall–Kier alpha value is -1.88. The maximum atomic E-state index is 12.8. The molecular weight excluding hydrogens is 340 g/mol. The first-order chi connectivity index (χ1) is 13.1. The molecule has 2 aliphatic heterocycles. The highest BCUT2D eigenvalue weighted by atomic mass is 16.5. The minimum Gasteiger partial charge on any atom is -0.370 e. The van der Waals surface area contributed by atoms with Crippen LogP contribution in [-0.4, -0.2) is 59.5 Å². The molecule has 2 fully saturated rings. The van der Waals surface area contributed by atoms with Crippen molar-refractivity contribution in [2.45, 2.75) is 64.1 Å². The van der Waals surface area contributed by atoms with Crippen LogP contribution in [0.3, 0.4) is 0 Å². The minimum atomic E-state index is -0.217. The predicted molar refractivity (Wildman–Crippen MR) is 106 cm³/mol. The topological polar surface area (TPSA) is 49.9 Å². The minimum absolute atomic E-state index is 0.0958. The number of piperidine rings is 1. The number of nitrogens with zero attached hydrogens (tertiary/aromatic N) is 2. The molecule has 0 saturated carbocycles. The Morgan fingerprint density at radius 3 is 2.63 bits per heavy atom. The van der Waals surface area contributed by atoms with Crippen LogP contribution in [-0.2, 0) is 9.53 Å². The number of carbonyl (C=O) groups is 2. The highest BCUT2D eigenvalue weighted by Crippen LogP contribution is 2.39. The summed E-state index contributed by atoms with van der Waals surface area (Å²) in [6.45, 7) is 7.03. The molecule has 0 N–H and O–H groups in total. The predicted octanol–water partition coefficient (Wildman–Crippen LogP) is 3.49. The van der Waals surface area contributed by atoms with Gasteiger partial charge in [0.1, 0.15) is 0 Å². The molecule has 2 atom stereocenters. The lowest BCUT2D eigenvalue weighted by Gasteiger charge is -2.40. The van der Waals surface area contributed by atoms with Crippen molar-refractivity contribution < 1.29 is 14.3 Å². The third kappa shape index (κ3) is 4.70. The third-order valence-electron chi connectivity index (χ3n) is 5.98. The summed E-state index contributed by atoms with van der Waals surface area (Å²) in [5, 5.41) is 0. The van der Waals surface area contributed by atoms with E-state index in [2.05, 4.69) is 0 Å². The van der Waals surface area contributed by atoms with E-state index < -0.39 is 0 Å². The van der Waals surface area contributed by atoms with Crippen molar-refractivity contribution in [1.82, 2.24) is 9.80 Å². The monoisotopic (exact) mass is 372 g/mol. The summed E-state index contributed by atoms with van der Waals surface area (Å²) in [7, 11) is 0. The molecule has 5 nitrogen and oxygen atoms in total. The number of carbonyl (C=O) groups excluding carboxylic acids is 2. The number of benzene rings is 1. The summed E-state index contributed by atoms with van der Waals surface area (Å²) >= 11 is 0. The fourth-order valence-corrected chi connectivity index (χ4v) is 4.45. The van der Waals surface area contributed by atoms with Gasteiger partial charge in [-0.3, -0.25) is 9.59 Å². The maximum absolute atomic E-state index is 12.8. The lowest BCUT2D eigenvalue weighted by Crippen LogP contribution is -2.50. The van der Waals surface area contributed by atoms with Gasteiger partial charge in [-0.15, -0.1) is 0 Å². The standard InChI is InChI=1S/C22H32N2O3/c1-3-23(4-2)20(25)12-11-19-13-15-22(27-19)14-8-16-24(17-22)21(26)18-9-6-5-7-10-18/h5-7,9-10,19H,3-4,8,11-17H2,1-2H3/t19-,22+/m1/s1. The summed E-state index contributed by atoms with van der Waals surface area (Å²) in [5.74, 6) is 0.313. The van der Waals surface area contributed by atoms with E-state index in [4.69, 9.17) is 4.74 Å². The van der Waals surface area contributed by atoms with Gasteiger partial charge in [0, 0.05) is 38.2 Å². The van der Waals surface area contributed by atoms with Crippen LogP contribution in [0.15, 0.2) is 30.3 Å². The van der Waals surface area contributed by atoms with Crippen LogP contribution >= 0.6 is 0 Å². The number of likely N-dealkylation sites (tertiary alicyclic amines) is 1. The van der Waals surface area contributed by atoms with Gasteiger partial charge >= 0.3 is 0 Å². The summed E-state index contributed by atoms with van der Waals surface area (Å²) < 4.78 is 6.44. The van der Waals surface area contributed by atoms with Crippen molar-refractivity contribution in [2.75, 3.05) is 26.2 Å². The fraction of sp³-hybridized carbons (Fsp3) is 0.636. The van der Waals surface area contributed by atoms with E-state index in [9.17, 15) is 9.59 Å². The van der Waals surface area contributed by atoms with E-state index in [1.165, 1.54) is 0 Å². The Bertz CT molecular complexity index is 644. The molecular formula is C22H32N2O3. The number of ether oxygens (including phenoxy) is 1. The Labute approximate surface area is 162 Å². The molecule has 2 amide bonds. The molecule has 0 aromatic heterocycles. The summed E-state index contributed by atoms with van der Waals surface area (Å²) in [5.41, 5.74) is 0.528. The largest absolute Gasteiger partial charge is 0.370 e. The van der Waals surface area contributed by atoms with Gasteiger partial charge < -0.3 is 14.5 Å². The van der Waals surface area contributed by atoms with E-state index in [0.717, 1.165) is 57.3 Å². The summed E-state index contributed by atoms with van der Waals surface area (Å²) in [6, 6.07) is 9.49. The molecule has 27 heavy (non-hydrogen) atoms. The number of hydrogen-bond donors (Lipinski definition) is 0. The molecule has 5 heteroatoms. The highest BCUT2D eigenvalue weighted by Gasteiger charge is 2.44. The average molecular weight is 373 g/mol. The molecule has 2 heterocycles. The smallest absolute Gasteiger partial charge is 0.253 e. The molecule has 0 radical (unpaired) electrons. The van der Waals surface area contributed by atoms with Crippen LogP contribution in [0.4, 0.5) is 0 Å². The molecule has 0 aliphatic carbocycles. The van der Waals surface area contributed by atoms with Gasteiger partial charge in [0.05, 0.1) is 11.7 Å². The zero-order valence-electron chi connectivity index (χ0n) is 16.7. The molecule has 0 unspecified atom stereocenters. The number of amides is 2. The van der Waals surface area contributed by atoms with E-state index in [0.29, 0.717) is 13.0 Å². The van der Waals surface area contributed by atoms with Crippen molar-refractivity contribution in [2.24, 2.45) is 0 Å². The van der Waals surface area contributed by atoms with E-state index in [-0.39, 0.29) is 23.5 Å². The Morgan fingerprint density at radius 2 is 1.93 bits per heavy atom. The average Bonchev–Trinajstić information content (AvgIpc) is 3.09. The van der Waals surface area contributed by atoms with Crippen LogP contribution in [0.1, 0.15) is 62.7 Å². The fourth-order valence-electron chi connectivity index (χ4n) is 4.45. The lowest BCUT2D eigenvalue weighted by atomic mass is 9.89. The van der Waals surface area contributed by atoms with E-state index in [1.54, 1.807) is 0 Å². The summed E-state index contributed by atoms with van der Waals surface area (Å²) in [4.78, 5) is 28.9. The SMILES string of the molecule is CCN(CC)C(=O)CC[C@@H]1CC[C@]2(CCCN(C(=O)c3ccccc3)C2)O1. The van der Waals surface area contributed by atoms with E-state index >= 15 is 0 Å². The summed E-state index contributed by atoms with van der Waals surface area (Å²) in [6.07, 6.45) is 5.42. The highest BCUT2D eigenvalue weighted by molar-refractivity contribution is 5.94. The molecule has 1 spiro atoms. The van der Waals surface area contributed by atoms with Gasteiger partial charge in [-0.1, -0.05) is 18.2 Å². The van der Waals surface area contributed by atoms with E-state index in [1.807, 2.05) is 54.0 Å². The molecule has 0 bridgehead atoms. The molecule has 2 aliphatic rings. The first-order valence-corrected chi connectivity index (χ1v) is 10.4. The van der Waals surface area contributed by atoms with Crippen LogP contribution in [0, 0.1) is 0 Å².